The molecule has 0 aromatic heterocycles. The number of nitrogens with zero attached hydrogens (tertiary/aromatic N) is 1. The second-order valence-electron chi connectivity index (χ2n) is 5.70. The van der Waals surface area contributed by atoms with Gasteiger partial charge in [-0.25, -0.2) is 8.42 Å². The molecule has 1 aromatic rings. The molecule has 0 radical (unpaired) electrons. The molecule has 1 heterocycles. The van der Waals surface area contributed by atoms with E-state index in [9.17, 15) is 22.0 Å². The van der Waals surface area contributed by atoms with Crippen molar-refractivity contribution in [2.45, 2.75) is 43.9 Å². The van der Waals surface area contributed by atoms with Crippen molar-refractivity contribution in [3.05, 3.63) is 23.2 Å². The molecule has 1 amide bonds. The Hall–Kier alpha value is -1.10. The topological polar surface area (TPSA) is 75.7 Å². The van der Waals surface area contributed by atoms with Gasteiger partial charge in [-0.3, -0.25) is 4.79 Å². The van der Waals surface area contributed by atoms with E-state index in [1.54, 1.807) is 0 Å². The van der Waals surface area contributed by atoms with Crippen LogP contribution in [0.5, 0.6) is 5.75 Å². The average Bonchev–Trinajstić information content (AvgIpc) is 3.06. The zero-order chi connectivity index (χ0) is 19.5. The smallest absolute Gasteiger partial charge is 0.387 e. The minimum atomic E-state index is -4.02. The van der Waals surface area contributed by atoms with Crippen molar-refractivity contribution in [1.82, 2.24) is 9.62 Å². The molecule has 26 heavy (non-hydrogen) atoms. The van der Waals surface area contributed by atoms with Gasteiger partial charge in [-0.15, -0.1) is 11.8 Å². The summed E-state index contributed by atoms with van der Waals surface area (Å²) >= 11 is 7.17. The van der Waals surface area contributed by atoms with Crippen molar-refractivity contribution >= 4 is 39.3 Å². The number of halogens is 3. The maximum Gasteiger partial charge on any atom is 0.387 e. The van der Waals surface area contributed by atoms with Crippen molar-refractivity contribution < 1.29 is 26.7 Å². The lowest BCUT2D eigenvalue weighted by molar-refractivity contribution is -0.124. The van der Waals surface area contributed by atoms with E-state index in [1.807, 2.05) is 13.8 Å². The predicted molar refractivity (Wildman–Crippen MR) is 96.1 cm³/mol. The Morgan fingerprint density at radius 3 is 2.77 bits per heavy atom. The van der Waals surface area contributed by atoms with Gasteiger partial charge in [0.2, 0.25) is 15.9 Å². The molecule has 2 rings (SSSR count). The predicted octanol–water partition coefficient (Wildman–Crippen LogP) is 2.92. The normalized spacial score (nSPS) is 19.5. The van der Waals surface area contributed by atoms with Gasteiger partial charge in [-0.05, 0) is 31.5 Å². The lowest BCUT2D eigenvalue weighted by atomic mass is 10.2. The van der Waals surface area contributed by atoms with Gasteiger partial charge in [-0.1, -0.05) is 18.5 Å². The molecule has 11 heteroatoms. The maximum atomic E-state index is 12.9. The van der Waals surface area contributed by atoms with E-state index in [0.717, 1.165) is 28.9 Å². The highest BCUT2D eigenvalue weighted by Gasteiger charge is 2.40. The minimum absolute atomic E-state index is 0.0714. The Kier molecular flexibility index (Phi) is 7.12. The molecular weight excluding hydrogens is 410 g/mol. The Morgan fingerprint density at radius 2 is 2.19 bits per heavy atom. The second-order valence-corrected chi connectivity index (χ2v) is 8.99. The number of thioether (sulfide) groups is 1. The highest BCUT2D eigenvalue weighted by Crippen LogP contribution is 2.33. The van der Waals surface area contributed by atoms with Crippen molar-refractivity contribution in [3.8, 4) is 5.75 Å². The Bertz CT molecular complexity index is 764. The van der Waals surface area contributed by atoms with Gasteiger partial charge < -0.3 is 10.1 Å². The van der Waals surface area contributed by atoms with Crippen LogP contribution in [0.1, 0.15) is 20.3 Å². The summed E-state index contributed by atoms with van der Waals surface area (Å²) in [5.41, 5.74) is 0. The first kappa shape index (κ1) is 21.2. The van der Waals surface area contributed by atoms with Crippen LogP contribution in [0, 0.1) is 0 Å². The van der Waals surface area contributed by atoms with Gasteiger partial charge in [0.1, 0.15) is 11.8 Å². The largest absolute Gasteiger partial charge is 0.433 e. The number of hydrogen-bond donors (Lipinski definition) is 1. The van der Waals surface area contributed by atoms with Gasteiger partial charge >= 0.3 is 6.61 Å². The SMILES string of the molecule is CCC(C)NC(=O)C1CSCN1S(=O)(=O)c1ccc(OC(F)F)c(Cl)c1. The number of carbonyl (C=O) groups is 1. The Labute approximate surface area is 160 Å². The zero-order valence-electron chi connectivity index (χ0n) is 14.1. The van der Waals surface area contributed by atoms with E-state index < -0.39 is 22.7 Å². The number of sulfonamides is 1. The van der Waals surface area contributed by atoms with Crippen LogP contribution >= 0.6 is 23.4 Å². The number of ether oxygens (including phenoxy) is 1. The molecule has 1 aromatic carbocycles. The number of carbonyl (C=O) groups excluding carboxylic acids is 1. The van der Waals surface area contributed by atoms with Crippen molar-refractivity contribution in [1.29, 1.82) is 0 Å². The fourth-order valence-electron chi connectivity index (χ4n) is 2.28. The van der Waals surface area contributed by atoms with E-state index >= 15 is 0 Å². The van der Waals surface area contributed by atoms with E-state index in [0.29, 0.717) is 5.75 Å². The van der Waals surface area contributed by atoms with Crippen molar-refractivity contribution in [2.24, 2.45) is 0 Å². The molecule has 1 N–H and O–H groups in total. The van der Waals surface area contributed by atoms with Crippen LogP contribution in [0.3, 0.4) is 0 Å². The zero-order valence-corrected chi connectivity index (χ0v) is 16.5. The quantitative estimate of drug-likeness (QED) is 0.722. The third-order valence-corrected chi connectivity index (χ3v) is 7.19. The van der Waals surface area contributed by atoms with Crippen LogP contribution in [-0.4, -0.2) is 49.0 Å². The van der Waals surface area contributed by atoms with E-state index in [-0.39, 0.29) is 33.5 Å². The first-order valence-electron chi connectivity index (χ1n) is 7.81. The van der Waals surface area contributed by atoms with Crippen LogP contribution in [0.15, 0.2) is 23.1 Å². The molecule has 146 valence electrons. The van der Waals surface area contributed by atoms with Crippen LogP contribution in [0.4, 0.5) is 8.78 Å². The highest BCUT2D eigenvalue weighted by atomic mass is 35.5. The summed E-state index contributed by atoms with van der Waals surface area (Å²) in [5, 5.41) is 2.53. The summed E-state index contributed by atoms with van der Waals surface area (Å²) in [6.07, 6.45) is 0.722. The number of hydrogen-bond acceptors (Lipinski definition) is 5. The number of rotatable bonds is 7. The molecule has 1 saturated heterocycles. The molecule has 6 nitrogen and oxygen atoms in total. The molecule has 1 aliphatic heterocycles. The summed E-state index contributed by atoms with van der Waals surface area (Å²) in [6, 6.07) is 2.33. The molecule has 0 bridgehead atoms. The van der Waals surface area contributed by atoms with Crippen LogP contribution in [0.25, 0.3) is 0 Å². The standard InChI is InChI=1S/C15H19ClF2N2O4S2/c1-3-9(2)19-14(21)12-7-25-8-20(12)26(22,23)10-4-5-13(11(16)6-10)24-15(17)18/h4-6,9,12,15H,3,7-8H2,1-2H3,(H,19,21). The molecule has 1 fully saturated rings. The van der Waals surface area contributed by atoms with Crippen molar-refractivity contribution in [2.75, 3.05) is 11.6 Å². The summed E-state index contributed by atoms with van der Waals surface area (Å²) in [4.78, 5) is 12.2. The molecule has 0 spiro atoms. The fraction of sp³-hybridized carbons (Fsp3) is 0.533. The van der Waals surface area contributed by atoms with Gasteiger partial charge in [0.05, 0.1) is 15.8 Å². The summed E-state index contributed by atoms with van der Waals surface area (Å²) in [5.74, 6) is -0.227. The fourth-order valence-corrected chi connectivity index (χ4v) is 5.75. The average molecular weight is 429 g/mol. The first-order valence-corrected chi connectivity index (χ1v) is 10.8. The summed E-state index contributed by atoms with van der Waals surface area (Å²) in [7, 11) is -4.02. The van der Waals surface area contributed by atoms with E-state index in [4.69, 9.17) is 11.6 Å². The summed E-state index contributed by atoms with van der Waals surface area (Å²) < 4.78 is 55.7. The first-order chi connectivity index (χ1) is 12.2. The lowest BCUT2D eigenvalue weighted by Crippen LogP contribution is -2.49. The second kappa shape index (κ2) is 8.73. The van der Waals surface area contributed by atoms with E-state index in [2.05, 4.69) is 10.1 Å². The molecule has 2 unspecified atom stereocenters. The third kappa shape index (κ3) is 4.79. The molecule has 1 aliphatic rings. The van der Waals surface area contributed by atoms with Gasteiger partial charge in [0.15, 0.2) is 0 Å². The monoisotopic (exact) mass is 428 g/mol. The molecule has 2 atom stereocenters. The van der Waals surface area contributed by atoms with E-state index in [1.165, 1.54) is 11.8 Å². The maximum absolute atomic E-state index is 12.9. The lowest BCUT2D eigenvalue weighted by Gasteiger charge is -2.24. The number of alkyl halides is 2. The Balaban J connectivity index is 2.25. The number of benzene rings is 1. The van der Waals surface area contributed by atoms with Crippen LogP contribution < -0.4 is 10.1 Å². The third-order valence-electron chi connectivity index (χ3n) is 3.87. The molecular formula is C15H19ClF2N2O4S2. The van der Waals surface area contributed by atoms with Gasteiger partial charge in [0, 0.05) is 11.8 Å². The molecule has 0 saturated carbocycles. The van der Waals surface area contributed by atoms with Crippen molar-refractivity contribution in [3.63, 3.8) is 0 Å². The Morgan fingerprint density at radius 1 is 1.50 bits per heavy atom. The van der Waals surface area contributed by atoms with Crippen LogP contribution in [-0.2, 0) is 14.8 Å². The number of amides is 1. The van der Waals surface area contributed by atoms with Crippen LogP contribution in [0.2, 0.25) is 5.02 Å². The minimum Gasteiger partial charge on any atom is -0.433 e. The summed E-state index contributed by atoms with van der Waals surface area (Å²) in [6.45, 7) is 0.673. The molecule has 0 aliphatic carbocycles. The van der Waals surface area contributed by atoms with Gasteiger partial charge in [0.25, 0.3) is 0 Å². The van der Waals surface area contributed by atoms with Gasteiger partial charge in [-0.2, -0.15) is 13.1 Å². The number of nitrogens with one attached hydrogen (secondary N) is 1. The highest BCUT2D eigenvalue weighted by molar-refractivity contribution is 8.00.